The van der Waals surface area contributed by atoms with E-state index in [1.54, 1.807) is 18.4 Å². The second-order valence-corrected chi connectivity index (χ2v) is 8.48. The molecule has 1 aliphatic heterocycles. The molecule has 1 aromatic rings. The van der Waals surface area contributed by atoms with Crippen molar-refractivity contribution in [3.8, 4) is 0 Å². The summed E-state index contributed by atoms with van der Waals surface area (Å²) in [6, 6.07) is 0. The number of nitrogens with zero attached hydrogens (tertiary/aromatic N) is 3. The highest BCUT2D eigenvalue weighted by atomic mass is 32.2. The van der Waals surface area contributed by atoms with Crippen molar-refractivity contribution in [3.05, 3.63) is 16.1 Å². The Bertz CT molecular complexity index is 559. The first kappa shape index (κ1) is 20.5. The van der Waals surface area contributed by atoms with E-state index in [0.717, 1.165) is 55.8 Å². The van der Waals surface area contributed by atoms with Gasteiger partial charge in [-0.2, -0.15) is 11.8 Å². The zero-order valence-electron chi connectivity index (χ0n) is 15.9. The summed E-state index contributed by atoms with van der Waals surface area (Å²) in [6.07, 6.45) is 4.38. The Morgan fingerprint density at radius 1 is 1.56 bits per heavy atom. The number of hydrogen-bond acceptors (Lipinski definition) is 6. The molecule has 2 heterocycles. The first-order valence-electron chi connectivity index (χ1n) is 8.55. The molecule has 142 valence electrons. The number of thiazole rings is 1. The van der Waals surface area contributed by atoms with E-state index in [1.165, 1.54) is 0 Å². The predicted octanol–water partition coefficient (Wildman–Crippen LogP) is 2.77. The SMILES string of the molecule is CN=C(NCC1(SC)CCOCC1)N(C)Cc1csc(C(C)OC)n1. The van der Waals surface area contributed by atoms with Gasteiger partial charge in [-0.05, 0) is 26.0 Å². The van der Waals surface area contributed by atoms with E-state index >= 15 is 0 Å². The Hall–Kier alpha value is -0.830. The largest absolute Gasteiger partial charge is 0.381 e. The summed E-state index contributed by atoms with van der Waals surface area (Å²) in [5.74, 6) is 0.897. The van der Waals surface area contributed by atoms with Crippen LogP contribution in [0.5, 0.6) is 0 Å². The number of guanidine groups is 1. The van der Waals surface area contributed by atoms with Crippen LogP contribution < -0.4 is 5.32 Å². The number of aliphatic imine (C=N–C) groups is 1. The Morgan fingerprint density at radius 3 is 2.88 bits per heavy atom. The third kappa shape index (κ3) is 5.57. The molecule has 0 aromatic carbocycles. The van der Waals surface area contributed by atoms with Gasteiger partial charge < -0.3 is 19.7 Å². The summed E-state index contributed by atoms with van der Waals surface area (Å²) >= 11 is 3.57. The summed E-state index contributed by atoms with van der Waals surface area (Å²) in [5.41, 5.74) is 1.04. The molecule has 1 saturated heterocycles. The van der Waals surface area contributed by atoms with Crippen LogP contribution >= 0.6 is 23.1 Å². The topological polar surface area (TPSA) is 59.0 Å². The predicted molar refractivity (Wildman–Crippen MR) is 107 cm³/mol. The quantitative estimate of drug-likeness (QED) is 0.574. The normalized spacial score (nSPS) is 18.8. The number of thioether (sulfide) groups is 1. The molecule has 1 fully saturated rings. The maximum atomic E-state index is 5.52. The lowest BCUT2D eigenvalue weighted by Gasteiger charge is -2.36. The van der Waals surface area contributed by atoms with Crippen LogP contribution in [0.4, 0.5) is 0 Å². The zero-order valence-corrected chi connectivity index (χ0v) is 17.5. The number of rotatable bonds is 7. The highest BCUT2D eigenvalue weighted by molar-refractivity contribution is 8.00. The van der Waals surface area contributed by atoms with Crippen LogP contribution in [-0.4, -0.2) is 67.8 Å². The fourth-order valence-electron chi connectivity index (χ4n) is 2.82. The van der Waals surface area contributed by atoms with Crippen LogP contribution in [0.3, 0.4) is 0 Å². The van der Waals surface area contributed by atoms with E-state index in [9.17, 15) is 0 Å². The fourth-order valence-corrected chi connectivity index (χ4v) is 4.46. The van der Waals surface area contributed by atoms with Crippen molar-refractivity contribution in [2.45, 2.75) is 37.2 Å². The first-order chi connectivity index (χ1) is 12.0. The van der Waals surface area contributed by atoms with Gasteiger partial charge in [0.25, 0.3) is 0 Å². The summed E-state index contributed by atoms with van der Waals surface area (Å²) in [4.78, 5) is 11.2. The number of aromatic nitrogens is 1. The van der Waals surface area contributed by atoms with E-state index in [-0.39, 0.29) is 10.9 Å². The maximum Gasteiger partial charge on any atom is 0.193 e. The van der Waals surface area contributed by atoms with Gasteiger partial charge >= 0.3 is 0 Å². The lowest BCUT2D eigenvalue weighted by molar-refractivity contribution is 0.0781. The monoisotopic (exact) mass is 386 g/mol. The molecule has 0 radical (unpaired) electrons. The molecule has 1 atom stereocenters. The summed E-state index contributed by atoms with van der Waals surface area (Å²) in [6.45, 7) is 5.33. The van der Waals surface area contributed by atoms with Crippen molar-refractivity contribution in [3.63, 3.8) is 0 Å². The van der Waals surface area contributed by atoms with Gasteiger partial charge in [-0.3, -0.25) is 4.99 Å². The second-order valence-electron chi connectivity index (χ2n) is 6.31. The molecular weight excluding hydrogens is 356 g/mol. The molecule has 0 spiro atoms. The lowest BCUT2D eigenvalue weighted by Crippen LogP contribution is -2.48. The second kappa shape index (κ2) is 9.75. The Kier molecular flexibility index (Phi) is 7.99. The van der Waals surface area contributed by atoms with Crippen molar-refractivity contribution >= 4 is 29.1 Å². The molecule has 1 aromatic heterocycles. The zero-order chi connectivity index (χ0) is 18.3. The van der Waals surface area contributed by atoms with E-state index < -0.39 is 0 Å². The molecule has 0 bridgehead atoms. The molecule has 8 heteroatoms. The van der Waals surface area contributed by atoms with Crippen molar-refractivity contribution in [2.75, 3.05) is 47.2 Å². The smallest absolute Gasteiger partial charge is 0.193 e. The van der Waals surface area contributed by atoms with Gasteiger partial charge in [0.1, 0.15) is 11.1 Å². The molecule has 1 N–H and O–H groups in total. The number of methoxy groups -OCH3 is 1. The van der Waals surface area contributed by atoms with Crippen LogP contribution in [0.25, 0.3) is 0 Å². The van der Waals surface area contributed by atoms with Crippen LogP contribution in [0.2, 0.25) is 0 Å². The summed E-state index contributed by atoms with van der Waals surface area (Å²) in [5, 5.41) is 6.65. The van der Waals surface area contributed by atoms with Gasteiger partial charge in [0.15, 0.2) is 5.96 Å². The standard InChI is InChI=1S/C17H30N4O2S2/c1-13(22-4)15-20-14(11-25-15)10-21(3)16(18-2)19-12-17(24-5)6-8-23-9-7-17/h11,13H,6-10,12H2,1-5H3,(H,18,19). The van der Waals surface area contributed by atoms with Crippen molar-refractivity contribution in [1.29, 1.82) is 0 Å². The van der Waals surface area contributed by atoms with Gasteiger partial charge in [0.2, 0.25) is 0 Å². The van der Waals surface area contributed by atoms with Crippen LogP contribution in [0, 0.1) is 0 Å². The van der Waals surface area contributed by atoms with Crippen molar-refractivity contribution in [1.82, 2.24) is 15.2 Å². The first-order valence-corrected chi connectivity index (χ1v) is 10.7. The minimum atomic E-state index is 0.0384. The summed E-state index contributed by atoms with van der Waals surface area (Å²) in [7, 11) is 5.58. The molecular formula is C17H30N4O2S2. The minimum Gasteiger partial charge on any atom is -0.381 e. The maximum absolute atomic E-state index is 5.52. The number of hydrogen-bond donors (Lipinski definition) is 1. The fraction of sp³-hybridized carbons (Fsp3) is 0.765. The van der Waals surface area contributed by atoms with E-state index in [1.807, 2.05) is 32.8 Å². The molecule has 6 nitrogen and oxygen atoms in total. The molecule has 1 aliphatic rings. The highest BCUT2D eigenvalue weighted by Gasteiger charge is 2.32. The Balaban J connectivity index is 1.92. The van der Waals surface area contributed by atoms with Crippen LogP contribution in [-0.2, 0) is 16.0 Å². The van der Waals surface area contributed by atoms with Gasteiger partial charge in [0.05, 0.1) is 12.2 Å². The van der Waals surface area contributed by atoms with Crippen molar-refractivity contribution in [2.24, 2.45) is 4.99 Å². The van der Waals surface area contributed by atoms with Gasteiger partial charge in [0, 0.05) is 51.1 Å². The van der Waals surface area contributed by atoms with Gasteiger partial charge in [-0.15, -0.1) is 11.3 Å². The van der Waals surface area contributed by atoms with E-state index in [0.29, 0.717) is 0 Å². The average molecular weight is 387 g/mol. The lowest BCUT2D eigenvalue weighted by atomic mass is 9.99. The van der Waals surface area contributed by atoms with Gasteiger partial charge in [-0.25, -0.2) is 4.98 Å². The number of ether oxygens (including phenoxy) is 2. The molecule has 1 unspecified atom stereocenters. The molecule has 0 aliphatic carbocycles. The van der Waals surface area contributed by atoms with Crippen LogP contribution in [0.15, 0.2) is 10.4 Å². The molecule has 0 amide bonds. The Morgan fingerprint density at radius 2 is 2.28 bits per heavy atom. The van der Waals surface area contributed by atoms with E-state index in [2.05, 4.69) is 31.8 Å². The summed E-state index contributed by atoms with van der Waals surface area (Å²) < 4.78 is 11.1. The molecule has 2 rings (SSSR count). The average Bonchev–Trinajstić information content (AvgIpc) is 3.10. The third-order valence-corrected chi connectivity index (χ3v) is 7.12. The minimum absolute atomic E-state index is 0.0384. The van der Waals surface area contributed by atoms with Crippen molar-refractivity contribution < 1.29 is 9.47 Å². The highest BCUT2D eigenvalue weighted by Crippen LogP contribution is 2.33. The third-order valence-electron chi connectivity index (χ3n) is 4.65. The molecule has 25 heavy (non-hydrogen) atoms. The van der Waals surface area contributed by atoms with E-state index in [4.69, 9.17) is 9.47 Å². The Labute approximate surface area is 159 Å². The number of nitrogens with one attached hydrogen (secondary N) is 1. The van der Waals surface area contributed by atoms with Gasteiger partial charge in [-0.1, -0.05) is 0 Å². The molecule has 0 saturated carbocycles. The van der Waals surface area contributed by atoms with Crippen LogP contribution in [0.1, 0.15) is 36.6 Å².